The molecule has 5 rings (SSSR count). The van der Waals surface area contributed by atoms with Crippen LogP contribution in [0, 0.1) is 0 Å². The summed E-state index contributed by atoms with van der Waals surface area (Å²) in [6, 6.07) is 11.2. The Morgan fingerprint density at radius 2 is 1.87 bits per heavy atom. The minimum atomic E-state index is -0.146. The molecule has 30 heavy (non-hydrogen) atoms. The van der Waals surface area contributed by atoms with E-state index < -0.39 is 0 Å². The van der Waals surface area contributed by atoms with Crippen molar-refractivity contribution in [1.29, 1.82) is 0 Å². The molecular weight excluding hydrogens is 378 g/mol. The van der Waals surface area contributed by atoms with E-state index in [1.807, 2.05) is 30.5 Å². The SMILES string of the molecule is CCN1CCN(Cc2c(O)ccc3c2O/C(=C\c2c[nH]c4ccccc24)C3=O)CC1. The molecule has 0 bridgehead atoms. The molecule has 2 aliphatic heterocycles. The highest BCUT2D eigenvalue weighted by atomic mass is 16.5. The van der Waals surface area contributed by atoms with Crippen LogP contribution in [0.15, 0.2) is 48.4 Å². The number of phenolic OH excluding ortho intramolecular Hbond substituents is 1. The average molecular weight is 403 g/mol. The lowest BCUT2D eigenvalue weighted by Gasteiger charge is -2.34. The molecule has 0 amide bonds. The number of allylic oxidation sites excluding steroid dienone is 1. The number of likely N-dealkylation sites (N-methyl/N-ethyl adjacent to an activating group) is 1. The van der Waals surface area contributed by atoms with Crippen LogP contribution in [0.3, 0.4) is 0 Å². The maximum Gasteiger partial charge on any atom is 0.231 e. The van der Waals surface area contributed by atoms with Crippen LogP contribution in [-0.2, 0) is 6.54 Å². The number of nitrogens with one attached hydrogen (secondary N) is 1. The van der Waals surface area contributed by atoms with E-state index in [1.54, 1.807) is 18.2 Å². The number of Topliss-reactive ketones (excluding diaryl/α,β-unsaturated/α-hetero) is 1. The van der Waals surface area contributed by atoms with Crippen molar-refractivity contribution in [2.75, 3.05) is 32.7 Å². The number of hydrogen-bond donors (Lipinski definition) is 2. The number of aromatic amines is 1. The van der Waals surface area contributed by atoms with E-state index in [9.17, 15) is 9.90 Å². The Morgan fingerprint density at radius 1 is 1.10 bits per heavy atom. The molecule has 1 fully saturated rings. The number of aromatic nitrogens is 1. The molecule has 2 aromatic carbocycles. The van der Waals surface area contributed by atoms with Gasteiger partial charge in [0.1, 0.15) is 11.5 Å². The largest absolute Gasteiger partial charge is 0.507 e. The molecule has 0 unspecified atom stereocenters. The molecule has 0 spiro atoms. The minimum Gasteiger partial charge on any atom is -0.507 e. The summed E-state index contributed by atoms with van der Waals surface area (Å²) in [6.45, 7) is 7.69. The van der Waals surface area contributed by atoms with Crippen molar-refractivity contribution in [2.24, 2.45) is 0 Å². The molecule has 6 nitrogen and oxygen atoms in total. The fourth-order valence-electron chi connectivity index (χ4n) is 4.29. The number of carbonyl (C=O) groups is 1. The van der Waals surface area contributed by atoms with Gasteiger partial charge in [0.15, 0.2) is 5.76 Å². The van der Waals surface area contributed by atoms with E-state index in [-0.39, 0.29) is 17.3 Å². The summed E-state index contributed by atoms with van der Waals surface area (Å²) in [6.07, 6.45) is 3.66. The van der Waals surface area contributed by atoms with Gasteiger partial charge in [-0.1, -0.05) is 25.1 Å². The number of carbonyl (C=O) groups excluding carboxylic acids is 1. The molecule has 2 N–H and O–H groups in total. The summed E-state index contributed by atoms with van der Waals surface area (Å²) >= 11 is 0. The van der Waals surface area contributed by atoms with E-state index in [2.05, 4.69) is 21.7 Å². The van der Waals surface area contributed by atoms with Gasteiger partial charge in [0, 0.05) is 55.4 Å². The lowest BCUT2D eigenvalue weighted by Crippen LogP contribution is -2.45. The summed E-state index contributed by atoms with van der Waals surface area (Å²) < 4.78 is 6.04. The third-order valence-electron chi connectivity index (χ3n) is 6.12. The van der Waals surface area contributed by atoms with Crippen LogP contribution in [-0.4, -0.2) is 58.4 Å². The van der Waals surface area contributed by atoms with Crippen LogP contribution >= 0.6 is 0 Å². The van der Waals surface area contributed by atoms with Crippen molar-refractivity contribution in [3.63, 3.8) is 0 Å². The number of benzene rings is 2. The van der Waals surface area contributed by atoms with Crippen molar-refractivity contribution in [3.05, 3.63) is 65.0 Å². The zero-order valence-corrected chi connectivity index (χ0v) is 17.0. The number of rotatable bonds is 4. The second-order valence-corrected chi connectivity index (χ2v) is 7.88. The molecule has 3 aromatic rings. The Bertz CT molecular complexity index is 1140. The Labute approximate surface area is 175 Å². The minimum absolute atomic E-state index is 0.146. The monoisotopic (exact) mass is 403 g/mol. The summed E-state index contributed by atoms with van der Waals surface area (Å²) in [5.74, 6) is 0.807. The van der Waals surface area contributed by atoms with Gasteiger partial charge >= 0.3 is 0 Å². The van der Waals surface area contributed by atoms with E-state index in [0.29, 0.717) is 23.4 Å². The highest BCUT2D eigenvalue weighted by molar-refractivity contribution is 6.15. The van der Waals surface area contributed by atoms with Crippen LogP contribution in [0.1, 0.15) is 28.4 Å². The molecule has 2 aliphatic rings. The summed E-state index contributed by atoms with van der Waals surface area (Å²) in [7, 11) is 0. The third kappa shape index (κ3) is 3.28. The molecule has 1 aromatic heterocycles. The zero-order valence-electron chi connectivity index (χ0n) is 17.0. The van der Waals surface area contributed by atoms with Gasteiger partial charge in [-0.15, -0.1) is 0 Å². The molecule has 0 radical (unpaired) electrons. The van der Waals surface area contributed by atoms with E-state index in [1.165, 1.54) is 0 Å². The quantitative estimate of drug-likeness (QED) is 0.651. The third-order valence-corrected chi connectivity index (χ3v) is 6.12. The topological polar surface area (TPSA) is 68.8 Å². The lowest BCUT2D eigenvalue weighted by molar-refractivity contribution is 0.101. The Kier molecular flexibility index (Phi) is 4.81. The van der Waals surface area contributed by atoms with Crippen molar-refractivity contribution < 1.29 is 14.6 Å². The standard InChI is InChI=1S/C24H25N3O3/c1-2-26-9-11-27(12-10-26)15-19-21(28)8-7-18-23(29)22(30-24(18)19)13-16-14-25-20-6-4-3-5-17(16)20/h3-8,13-14,25,28H,2,9-12,15H2,1H3/b22-13-. The van der Waals surface area contributed by atoms with E-state index >= 15 is 0 Å². The van der Waals surface area contributed by atoms with Gasteiger partial charge in [0.05, 0.1) is 11.1 Å². The Hall–Kier alpha value is -3.09. The number of phenols is 1. The maximum absolute atomic E-state index is 13.0. The number of nitrogens with zero attached hydrogens (tertiary/aromatic N) is 2. The maximum atomic E-state index is 13.0. The predicted molar refractivity (Wildman–Crippen MR) is 117 cm³/mol. The van der Waals surface area contributed by atoms with Crippen molar-refractivity contribution >= 4 is 22.8 Å². The number of ether oxygens (including phenoxy) is 1. The number of fused-ring (bicyclic) bond motifs is 2. The summed E-state index contributed by atoms with van der Waals surface area (Å²) in [5, 5.41) is 11.6. The lowest BCUT2D eigenvalue weighted by atomic mass is 10.0. The molecule has 154 valence electrons. The highest BCUT2D eigenvalue weighted by Gasteiger charge is 2.32. The molecular formula is C24H25N3O3. The molecule has 0 aliphatic carbocycles. The summed E-state index contributed by atoms with van der Waals surface area (Å²) in [5.41, 5.74) is 3.12. The van der Waals surface area contributed by atoms with Crippen LogP contribution in [0.4, 0.5) is 0 Å². The molecule has 3 heterocycles. The zero-order chi connectivity index (χ0) is 20.7. The van der Waals surface area contributed by atoms with Crippen LogP contribution in [0.25, 0.3) is 17.0 Å². The van der Waals surface area contributed by atoms with Gasteiger partial charge in [0.25, 0.3) is 0 Å². The Morgan fingerprint density at radius 3 is 2.67 bits per heavy atom. The Balaban J connectivity index is 1.44. The fraction of sp³-hybridized carbons (Fsp3) is 0.292. The van der Waals surface area contributed by atoms with Gasteiger partial charge in [-0.25, -0.2) is 0 Å². The molecule has 6 heteroatoms. The van der Waals surface area contributed by atoms with Gasteiger partial charge in [-0.2, -0.15) is 0 Å². The second-order valence-electron chi connectivity index (χ2n) is 7.88. The predicted octanol–water partition coefficient (Wildman–Crippen LogP) is 3.63. The number of aromatic hydroxyl groups is 1. The molecule has 1 saturated heterocycles. The second kappa shape index (κ2) is 7.63. The fourth-order valence-corrected chi connectivity index (χ4v) is 4.29. The number of para-hydroxylation sites is 1. The number of hydrogen-bond acceptors (Lipinski definition) is 5. The van der Waals surface area contributed by atoms with Gasteiger partial charge in [-0.05, 0) is 30.8 Å². The average Bonchev–Trinajstić information content (AvgIpc) is 3.32. The van der Waals surface area contributed by atoms with Crippen LogP contribution in [0.2, 0.25) is 0 Å². The van der Waals surface area contributed by atoms with Crippen LogP contribution < -0.4 is 4.74 Å². The first kappa shape index (κ1) is 18.9. The van der Waals surface area contributed by atoms with E-state index in [0.717, 1.165) is 49.2 Å². The van der Waals surface area contributed by atoms with Gasteiger partial charge in [-0.3, -0.25) is 9.69 Å². The number of ketones is 1. The number of H-pyrrole nitrogens is 1. The molecule has 0 saturated carbocycles. The highest BCUT2D eigenvalue weighted by Crippen LogP contribution is 2.40. The van der Waals surface area contributed by atoms with Crippen molar-refractivity contribution in [3.8, 4) is 11.5 Å². The van der Waals surface area contributed by atoms with Gasteiger partial charge in [0.2, 0.25) is 5.78 Å². The first-order valence-corrected chi connectivity index (χ1v) is 10.4. The first-order valence-electron chi connectivity index (χ1n) is 10.4. The first-order chi connectivity index (χ1) is 14.6. The normalized spacial score (nSPS) is 18.8. The number of piperazine rings is 1. The summed E-state index contributed by atoms with van der Waals surface area (Å²) in [4.78, 5) is 20.9. The van der Waals surface area contributed by atoms with Gasteiger partial charge < -0.3 is 19.7 Å². The van der Waals surface area contributed by atoms with Crippen LogP contribution in [0.5, 0.6) is 11.5 Å². The van der Waals surface area contributed by atoms with E-state index in [4.69, 9.17) is 4.74 Å². The van der Waals surface area contributed by atoms with Crippen molar-refractivity contribution in [2.45, 2.75) is 13.5 Å². The smallest absolute Gasteiger partial charge is 0.231 e. The molecule has 0 atom stereocenters. The van der Waals surface area contributed by atoms with Crippen molar-refractivity contribution in [1.82, 2.24) is 14.8 Å².